The molecule has 3 fully saturated rings. The van der Waals surface area contributed by atoms with Crippen LogP contribution in [0, 0.1) is 34.5 Å². The van der Waals surface area contributed by atoms with Gasteiger partial charge in [0, 0.05) is 45.8 Å². The number of rotatable bonds is 25. The molecular weight excluding hydrogens is 622 g/mol. The van der Waals surface area contributed by atoms with Crippen molar-refractivity contribution in [3.05, 3.63) is 11.6 Å². The maximum absolute atomic E-state index is 13.6. The lowest BCUT2D eigenvalue weighted by Gasteiger charge is -2.38. The van der Waals surface area contributed by atoms with Crippen molar-refractivity contribution in [1.29, 1.82) is 5.26 Å². The highest BCUT2D eigenvalue weighted by Crippen LogP contribution is 2.42. The fourth-order valence-corrected chi connectivity index (χ4v) is 6.05. The first-order valence-corrected chi connectivity index (χ1v) is 17.4. The number of nitrogens with zero attached hydrogens (tertiary/aromatic N) is 3. The molecule has 2 saturated heterocycles. The Morgan fingerprint density at radius 2 is 1.42 bits per heavy atom. The van der Waals surface area contributed by atoms with Crippen molar-refractivity contribution in [2.24, 2.45) is 23.2 Å². The lowest BCUT2D eigenvalue weighted by Crippen LogP contribution is -2.50. The van der Waals surface area contributed by atoms with E-state index < -0.39 is 0 Å². The summed E-state index contributed by atoms with van der Waals surface area (Å²) in [6.45, 7) is 14.1. The molecular formula is C34H57N5O9. The van der Waals surface area contributed by atoms with Crippen molar-refractivity contribution in [2.45, 2.75) is 33.1 Å². The molecule has 2 aliphatic heterocycles. The summed E-state index contributed by atoms with van der Waals surface area (Å²) in [4.78, 5) is 40.9. The number of nitrogens with one attached hydrogen (secondary N) is 2. The van der Waals surface area contributed by atoms with E-state index in [9.17, 15) is 19.6 Å². The minimum Gasteiger partial charge on any atom is -0.379 e. The van der Waals surface area contributed by atoms with E-state index in [1.807, 2.05) is 19.9 Å². The standard InChI is InChI=1S/C34H57N5O9/c1-34(2,26-38-7-11-45-12-8-38)22-31(23-35)33(42)39-24-29(28-3-4-28)21-30(25-39)32(41)37-6-10-44-14-16-47-18-20-48-19-17-46-15-13-43-9-5-36-27-40/h22,27-30H,3-21,24-26H2,1-2H3,(H,36,40)(H,37,41)/b31-22+. The monoisotopic (exact) mass is 679 g/mol. The van der Waals surface area contributed by atoms with Gasteiger partial charge in [-0.3, -0.25) is 19.3 Å². The second-order valence-corrected chi connectivity index (χ2v) is 13.2. The van der Waals surface area contributed by atoms with Crippen LogP contribution in [0.5, 0.6) is 0 Å². The van der Waals surface area contributed by atoms with E-state index >= 15 is 0 Å². The number of carbonyl (C=O) groups excluding carboxylic acids is 3. The van der Waals surface area contributed by atoms with Crippen molar-refractivity contribution in [3.8, 4) is 6.07 Å². The third kappa shape index (κ3) is 16.2. The molecule has 2 unspecified atom stereocenters. The third-order valence-corrected chi connectivity index (χ3v) is 8.56. The topological polar surface area (TPSA) is 161 Å². The maximum Gasteiger partial charge on any atom is 0.264 e. The fraction of sp³-hybridized carbons (Fsp3) is 0.824. The van der Waals surface area contributed by atoms with Crippen LogP contribution in [0.2, 0.25) is 0 Å². The van der Waals surface area contributed by atoms with Gasteiger partial charge >= 0.3 is 0 Å². The van der Waals surface area contributed by atoms with Gasteiger partial charge in [0.05, 0.1) is 85.2 Å². The highest BCUT2D eigenvalue weighted by atomic mass is 16.6. The van der Waals surface area contributed by atoms with Gasteiger partial charge in [0.2, 0.25) is 12.3 Å². The van der Waals surface area contributed by atoms with Crippen LogP contribution in [0.3, 0.4) is 0 Å². The summed E-state index contributed by atoms with van der Waals surface area (Å²) in [5, 5.41) is 15.5. The molecule has 3 rings (SSSR count). The molecule has 1 aliphatic carbocycles. The van der Waals surface area contributed by atoms with Crippen LogP contribution in [0.25, 0.3) is 0 Å². The highest BCUT2D eigenvalue weighted by molar-refractivity contribution is 5.97. The van der Waals surface area contributed by atoms with Crippen LogP contribution in [-0.2, 0) is 42.8 Å². The Bertz CT molecular complexity index is 1030. The second kappa shape index (κ2) is 22.9. The van der Waals surface area contributed by atoms with Crippen molar-refractivity contribution in [3.63, 3.8) is 0 Å². The predicted octanol–water partition coefficient (Wildman–Crippen LogP) is 0.615. The van der Waals surface area contributed by atoms with Gasteiger partial charge in [-0.15, -0.1) is 0 Å². The van der Waals surface area contributed by atoms with E-state index in [0.29, 0.717) is 118 Å². The molecule has 2 heterocycles. The van der Waals surface area contributed by atoms with Gasteiger partial charge in [0.15, 0.2) is 0 Å². The Balaban J connectivity index is 1.27. The molecule has 3 aliphatic rings. The van der Waals surface area contributed by atoms with Crippen LogP contribution < -0.4 is 10.6 Å². The molecule has 2 atom stereocenters. The van der Waals surface area contributed by atoms with Gasteiger partial charge in [0.1, 0.15) is 11.6 Å². The smallest absolute Gasteiger partial charge is 0.264 e. The quantitative estimate of drug-likeness (QED) is 0.0603. The van der Waals surface area contributed by atoms with Gasteiger partial charge in [-0.2, -0.15) is 5.26 Å². The largest absolute Gasteiger partial charge is 0.379 e. The molecule has 48 heavy (non-hydrogen) atoms. The van der Waals surface area contributed by atoms with Gasteiger partial charge in [-0.25, -0.2) is 0 Å². The number of hydrogen-bond acceptors (Lipinski definition) is 11. The van der Waals surface area contributed by atoms with Crippen molar-refractivity contribution < 1.29 is 42.8 Å². The number of ether oxygens (including phenoxy) is 6. The van der Waals surface area contributed by atoms with Crippen LogP contribution in [-0.4, -0.2) is 153 Å². The number of amides is 3. The van der Waals surface area contributed by atoms with E-state index in [1.54, 1.807) is 4.90 Å². The Kier molecular flexibility index (Phi) is 19.0. The van der Waals surface area contributed by atoms with Gasteiger partial charge in [-0.05, 0) is 36.5 Å². The first-order valence-electron chi connectivity index (χ1n) is 17.4. The molecule has 0 radical (unpaired) electrons. The first-order chi connectivity index (χ1) is 23.3. The number of carbonyl (C=O) groups is 3. The highest BCUT2D eigenvalue weighted by Gasteiger charge is 2.41. The molecule has 2 N–H and O–H groups in total. The minimum atomic E-state index is -0.357. The summed E-state index contributed by atoms with van der Waals surface area (Å²) >= 11 is 0. The maximum atomic E-state index is 13.6. The number of nitriles is 1. The molecule has 14 heteroatoms. The Morgan fingerprint density at radius 1 is 0.854 bits per heavy atom. The summed E-state index contributed by atoms with van der Waals surface area (Å²) in [6.07, 6.45) is 5.47. The first kappa shape index (κ1) is 39.8. The molecule has 0 spiro atoms. The average Bonchev–Trinajstić information content (AvgIpc) is 3.94. The zero-order valence-electron chi connectivity index (χ0n) is 29.0. The summed E-state index contributed by atoms with van der Waals surface area (Å²) in [5.41, 5.74) is -0.205. The van der Waals surface area contributed by atoms with Gasteiger partial charge in [0.25, 0.3) is 5.91 Å². The number of piperidine rings is 1. The number of hydrogen-bond donors (Lipinski definition) is 2. The SMILES string of the molecule is CC(C)(/C=C(\C#N)C(=O)N1CC(C(=O)NCCOCCOCCOCCOCCOCCNC=O)CC(C2CC2)C1)CN1CCOCC1. The minimum absolute atomic E-state index is 0.0753. The predicted molar refractivity (Wildman–Crippen MR) is 177 cm³/mol. The van der Waals surface area contributed by atoms with Crippen molar-refractivity contribution in [2.75, 3.05) is 125 Å². The zero-order chi connectivity index (χ0) is 34.5. The lowest BCUT2D eigenvalue weighted by molar-refractivity contribution is -0.134. The molecule has 3 amide bonds. The normalized spacial score (nSPS) is 20.7. The Morgan fingerprint density at radius 3 is 1.96 bits per heavy atom. The molecule has 0 aromatic carbocycles. The van der Waals surface area contributed by atoms with Crippen molar-refractivity contribution >= 4 is 18.2 Å². The molecule has 14 nitrogen and oxygen atoms in total. The number of morpholine rings is 1. The second-order valence-electron chi connectivity index (χ2n) is 13.2. The van der Waals surface area contributed by atoms with Crippen LogP contribution >= 0.6 is 0 Å². The van der Waals surface area contributed by atoms with E-state index in [1.165, 1.54) is 0 Å². The summed E-state index contributed by atoms with van der Waals surface area (Å²) in [5.74, 6) is 0.148. The fourth-order valence-electron chi connectivity index (χ4n) is 6.05. The summed E-state index contributed by atoms with van der Waals surface area (Å²) in [7, 11) is 0. The molecule has 0 aromatic rings. The lowest BCUT2D eigenvalue weighted by atomic mass is 9.84. The molecule has 272 valence electrons. The Hall–Kier alpha value is -2.64. The molecule has 0 aromatic heterocycles. The number of likely N-dealkylation sites (tertiary alicyclic amines) is 1. The third-order valence-electron chi connectivity index (χ3n) is 8.56. The van der Waals surface area contributed by atoms with E-state index in [2.05, 4.69) is 21.6 Å². The van der Waals surface area contributed by atoms with Crippen molar-refractivity contribution in [1.82, 2.24) is 20.4 Å². The van der Waals surface area contributed by atoms with Crippen LogP contribution in [0.1, 0.15) is 33.1 Å². The van der Waals surface area contributed by atoms with E-state index in [-0.39, 0.29) is 34.6 Å². The zero-order valence-corrected chi connectivity index (χ0v) is 29.0. The van der Waals surface area contributed by atoms with E-state index in [0.717, 1.165) is 38.9 Å². The molecule has 0 bridgehead atoms. The summed E-state index contributed by atoms with van der Waals surface area (Å²) < 4.78 is 32.7. The van der Waals surface area contributed by atoms with Gasteiger partial charge in [-0.1, -0.05) is 19.9 Å². The van der Waals surface area contributed by atoms with E-state index in [4.69, 9.17) is 28.4 Å². The summed E-state index contributed by atoms with van der Waals surface area (Å²) in [6, 6.07) is 2.16. The van der Waals surface area contributed by atoms with Gasteiger partial charge < -0.3 is 44.0 Å². The van der Waals surface area contributed by atoms with Crippen LogP contribution in [0.15, 0.2) is 11.6 Å². The molecule has 1 saturated carbocycles. The average molecular weight is 680 g/mol. The van der Waals surface area contributed by atoms with Crippen LogP contribution in [0.4, 0.5) is 0 Å². The Labute approximate surface area is 285 Å².